The molecule has 0 aliphatic carbocycles. The Balaban J connectivity index is 4.88. The number of carbonyl (C=O) groups excluding carboxylic acids is 4. The SMILES string of the molecule is CCNC(=O)[C@H](C)NC(=O)[C@@H](NC(=O)[C@H](C)NC(=O)C(C)CC(=O)O)C(C)C. The van der Waals surface area contributed by atoms with Crippen LogP contribution in [0.4, 0.5) is 0 Å². The Bertz CT molecular complexity index is 593. The summed E-state index contributed by atoms with van der Waals surface area (Å²) in [5, 5.41) is 18.9. The van der Waals surface area contributed by atoms with Crippen LogP contribution in [0.1, 0.15) is 48.0 Å². The first-order valence-corrected chi connectivity index (χ1v) is 9.31. The van der Waals surface area contributed by atoms with Crippen molar-refractivity contribution in [1.29, 1.82) is 0 Å². The Hall–Kier alpha value is -2.65. The molecule has 28 heavy (non-hydrogen) atoms. The first-order valence-electron chi connectivity index (χ1n) is 9.31. The van der Waals surface area contributed by atoms with Crippen LogP contribution in [0.15, 0.2) is 0 Å². The predicted molar refractivity (Wildman–Crippen MR) is 102 cm³/mol. The zero-order valence-corrected chi connectivity index (χ0v) is 17.3. The van der Waals surface area contributed by atoms with Gasteiger partial charge in [-0.1, -0.05) is 20.8 Å². The minimum atomic E-state index is -1.11. The van der Waals surface area contributed by atoms with Crippen LogP contribution >= 0.6 is 0 Å². The third-order valence-electron chi connectivity index (χ3n) is 4.03. The fraction of sp³-hybridized carbons (Fsp3) is 0.722. The molecule has 0 aromatic carbocycles. The summed E-state index contributed by atoms with van der Waals surface area (Å²) in [6, 6.07) is -2.63. The van der Waals surface area contributed by atoms with E-state index in [0.29, 0.717) is 6.54 Å². The smallest absolute Gasteiger partial charge is 0.304 e. The molecule has 5 N–H and O–H groups in total. The van der Waals surface area contributed by atoms with Gasteiger partial charge in [-0.05, 0) is 26.7 Å². The molecule has 0 radical (unpaired) electrons. The van der Waals surface area contributed by atoms with Crippen molar-refractivity contribution in [2.75, 3.05) is 6.54 Å². The zero-order valence-electron chi connectivity index (χ0n) is 17.3. The van der Waals surface area contributed by atoms with Gasteiger partial charge in [0.05, 0.1) is 6.42 Å². The molecular formula is C18H32N4O6. The number of nitrogens with one attached hydrogen (secondary N) is 4. The molecule has 0 saturated heterocycles. The van der Waals surface area contributed by atoms with E-state index in [4.69, 9.17) is 5.11 Å². The molecule has 0 aliphatic rings. The molecule has 1 unspecified atom stereocenters. The first kappa shape index (κ1) is 25.4. The Morgan fingerprint density at radius 3 is 1.71 bits per heavy atom. The fourth-order valence-electron chi connectivity index (χ4n) is 2.29. The minimum absolute atomic E-state index is 0.265. The van der Waals surface area contributed by atoms with Crippen molar-refractivity contribution in [2.45, 2.75) is 66.1 Å². The van der Waals surface area contributed by atoms with Crippen molar-refractivity contribution in [1.82, 2.24) is 21.3 Å². The van der Waals surface area contributed by atoms with E-state index in [1.165, 1.54) is 20.8 Å². The number of rotatable bonds is 11. The van der Waals surface area contributed by atoms with E-state index in [1.54, 1.807) is 20.8 Å². The normalized spacial score (nSPS) is 15.0. The Morgan fingerprint density at radius 2 is 1.25 bits per heavy atom. The minimum Gasteiger partial charge on any atom is -0.481 e. The number of carbonyl (C=O) groups is 5. The van der Waals surface area contributed by atoms with Gasteiger partial charge in [0.2, 0.25) is 23.6 Å². The van der Waals surface area contributed by atoms with Crippen LogP contribution < -0.4 is 21.3 Å². The summed E-state index contributed by atoms with van der Waals surface area (Å²) in [4.78, 5) is 59.2. The lowest BCUT2D eigenvalue weighted by atomic mass is 10.0. The maximum absolute atomic E-state index is 12.5. The molecule has 10 heteroatoms. The molecule has 0 bridgehead atoms. The van der Waals surface area contributed by atoms with Crippen molar-refractivity contribution in [3.63, 3.8) is 0 Å². The first-order chi connectivity index (χ1) is 12.9. The van der Waals surface area contributed by atoms with E-state index < -0.39 is 47.7 Å². The van der Waals surface area contributed by atoms with Gasteiger partial charge in [-0.2, -0.15) is 0 Å². The molecule has 0 spiro atoms. The summed E-state index contributed by atoms with van der Waals surface area (Å²) in [5.74, 6) is -4.18. The van der Waals surface area contributed by atoms with Gasteiger partial charge < -0.3 is 26.4 Å². The molecule has 10 nitrogen and oxygen atoms in total. The summed E-state index contributed by atoms with van der Waals surface area (Å²) < 4.78 is 0. The Morgan fingerprint density at radius 1 is 0.750 bits per heavy atom. The van der Waals surface area contributed by atoms with Gasteiger partial charge in [0.1, 0.15) is 18.1 Å². The second-order valence-electron chi connectivity index (χ2n) is 7.08. The van der Waals surface area contributed by atoms with E-state index in [-0.39, 0.29) is 18.2 Å². The van der Waals surface area contributed by atoms with Crippen LogP contribution in [-0.4, -0.2) is 59.4 Å². The predicted octanol–water partition coefficient (Wildman–Crippen LogP) is -0.616. The molecule has 0 heterocycles. The molecular weight excluding hydrogens is 368 g/mol. The number of amides is 4. The van der Waals surface area contributed by atoms with Crippen LogP contribution in [0.25, 0.3) is 0 Å². The Labute approximate surface area is 165 Å². The van der Waals surface area contributed by atoms with E-state index in [9.17, 15) is 24.0 Å². The third-order valence-corrected chi connectivity index (χ3v) is 4.03. The van der Waals surface area contributed by atoms with Crippen LogP contribution in [0.5, 0.6) is 0 Å². The van der Waals surface area contributed by atoms with Gasteiger partial charge in [0.25, 0.3) is 0 Å². The third kappa shape index (κ3) is 8.83. The summed E-state index contributed by atoms with van der Waals surface area (Å²) in [6.45, 7) is 10.1. The second kappa shape index (κ2) is 11.9. The van der Waals surface area contributed by atoms with E-state index in [0.717, 1.165) is 0 Å². The molecule has 160 valence electrons. The average molecular weight is 400 g/mol. The average Bonchev–Trinajstić information content (AvgIpc) is 2.58. The van der Waals surface area contributed by atoms with Crippen molar-refractivity contribution in [3.05, 3.63) is 0 Å². The highest BCUT2D eigenvalue weighted by Crippen LogP contribution is 2.05. The van der Waals surface area contributed by atoms with Gasteiger partial charge >= 0.3 is 5.97 Å². The second-order valence-corrected chi connectivity index (χ2v) is 7.08. The molecule has 4 amide bonds. The summed E-state index contributed by atoms with van der Waals surface area (Å²) in [7, 11) is 0. The molecule has 0 aliphatic heterocycles. The Kier molecular flexibility index (Phi) is 10.8. The number of carboxylic acids is 1. The van der Waals surface area contributed by atoms with Gasteiger partial charge in [0, 0.05) is 12.5 Å². The topological polar surface area (TPSA) is 154 Å². The highest BCUT2D eigenvalue weighted by molar-refractivity contribution is 5.94. The number of carboxylic acid groups (broad SMARTS) is 1. The van der Waals surface area contributed by atoms with E-state index in [1.807, 2.05) is 0 Å². The van der Waals surface area contributed by atoms with Crippen LogP contribution in [-0.2, 0) is 24.0 Å². The van der Waals surface area contributed by atoms with Gasteiger partial charge in [-0.15, -0.1) is 0 Å². The van der Waals surface area contributed by atoms with E-state index in [2.05, 4.69) is 21.3 Å². The molecule has 0 saturated carbocycles. The lowest BCUT2D eigenvalue weighted by molar-refractivity contribution is -0.141. The van der Waals surface area contributed by atoms with Crippen LogP contribution in [0.2, 0.25) is 0 Å². The van der Waals surface area contributed by atoms with E-state index >= 15 is 0 Å². The van der Waals surface area contributed by atoms with Gasteiger partial charge in [0.15, 0.2) is 0 Å². The number of hydrogen-bond acceptors (Lipinski definition) is 5. The number of aliphatic carboxylic acids is 1. The maximum atomic E-state index is 12.5. The summed E-state index contributed by atoms with van der Waals surface area (Å²) in [6.07, 6.45) is -0.352. The standard InChI is InChI=1S/C18H32N4O6/c1-7-19-16(26)11(5)21-18(28)14(9(2)3)22-17(27)12(6)20-15(25)10(4)8-13(23)24/h9-12,14H,7-8H2,1-6H3,(H,19,26)(H,20,25)(H,21,28)(H,22,27)(H,23,24)/t10?,11-,12-,14-/m0/s1. The maximum Gasteiger partial charge on any atom is 0.304 e. The van der Waals surface area contributed by atoms with Gasteiger partial charge in [-0.3, -0.25) is 24.0 Å². The van der Waals surface area contributed by atoms with Crippen molar-refractivity contribution in [3.8, 4) is 0 Å². The quantitative estimate of drug-likeness (QED) is 0.312. The number of likely N-dealkylation sites (N-methyl/N-ethyl adjacent to an activating group) is 1. The molecule has 0 aromatic heterocycles. The van der Waals surface area contributed by atoms with Crippen LogP contribution in [0.3, 0.4) is 0 Å². The largest absolute Gasteiger partial charge is 0.481 e. The van der Waals surface area contributed by atoms with Crippen molar-refractivity contribution >= 4 is 29.6 Å². The monoisotopic (exact) mass is 400 g/mol. The molecule has 4 atom stereocenters. The fourth-order valence-corrected chi connectivity index (χ4v) is 2.29. The molecule has 0 rings (SSSR count). The molecule has 0 fully saturated rings. The van der Waals surface area contributed by atoms with Crippen LogP contribution in [0, 0.1) is 11.8 Å². The number of hydrogen-bond donors (Lipinski definition) is 5. The van der Waals surface area contributed by atoms with Crippen molar-refractivity contribution < 1.29 is 29.1 Å². The van der Waals surface area contributed by atoms with Crippen molar-refractivity contribution in [2.24, 2.45) is 11.8 Å². The van der Waals surface area contributed by atoms with Gasteiger partial charge in [-0.25, -0.2) is 0 Å². The highest BCUT2D eigenvalue weighted by atomic mass is 16.4. The highest BCUT2D eigenvalue weighted by Gasteiger charge is 2.29. The summed E-state index contributed by atoms with van der Waals surface area (Å²) >= 11 is 0. The zero-order chi connectivity index (χ0) is 22.0. The lowest BCUT2D eigenvalue weighted by Gasteiger charge is -2.25. The summed E-state index contributed by atoms with van der Waals surface area (Å²) in [5.41, 5.74) is 0. The molecule has 0 aromatic rings. The lowest BCUT2D eigenvalue weighted by Crippen LogP contribution is -2.57.